The zero-order valence-corrected chi connectivity index (χ0v) is 17.0. The third-order valence-electron chi connectivity index (χ3n) is 3.80. The Morgan fingerprint density at radius 1 is 1.07 bits per heavy atom. The highest BCUT2D eigenvalue weighted by Gasteiger charge is 2.12. The Kier molecular flexibility index (Phi) is 8.81. The molecule has 7 nitrogen and oxygen atoms in total. The van der Waals surface area contributed by atoms with Crippen LogP contribution in [0.15, 0.2) is 54.6 Å². The van der Waals surface area contributed by atoms with E-state index >= 15 is 0 Å². The van der Waals surface area contributed by atoms with Crippen LogP contribution in [0.1, 0.15) is 15.9 Å². The van der Waals surface area contributed by atoms with Crippen LogP contribution in [0.4, 0.5) is 5.69 Å². The van der Waals surface area contributed by atoms with Crippen LogP contribution in [0, 0.1) is 0 Å². The maximum Gasteiger partial charge on any atom is 0.253 e. The number of amides is 2. The summed E-state index contributed by atoms with van der Waals surface area (Å²) in [6.45, 7) is 0.799. The Labute approximate surface area is 175 Å². The Bertz CT molecular complexity index is 899. The van der Waals surface area contributed by atoms with Crippen LogP contribution in [0.3, 0.4) is 0 Å². The summed E-state index contributed by atoms with van der Waals surface area (Å²) in [4.78, 5) is 24.5. The third kappa shape index (κ3) is 7.02. The zero-order chi connectivity index (χ0) is 21.1. The number of methoxy groups -OCH3 is 2. The van der Waals surface area contributed by atoms with Gasteiger partial charge in [-0.15, -0.1) is 0 Å². The minimum atomic E-state index is -0.407. The van der Waals surface area contributed by atoms with E-state index in [0.29, 0.717) is 30.2 Å². The first-order chi connectivity index (χ1) is 14.0. The van der Waals surface area contributed by atoms with Gasteiger partial charge in [0.25, 0.3) is 5.91 Å². The molecule has 0 saturated carbocycles. The quantitative estimate of drug-likeness (QED) is 0.350. The van der Waals surface area contributed by atoms with Crippen molar-refractivity contribution in [3.05, 3.63) is 65.7 Å². The molecular formula is C21H23N3O4S. The van der Waals surface area contributed by atoms with Gasteiger partial charge in [-0.05, 0) is 36.5 Å². The van der Waals surface area contributed by atoms with Gasteiger partial charge in [-0.2, -0.15) is 0 Å². The molecule has 2 rings (SSSR count). The monoisotopic (exact) mass is 413 g/mol. The van der Waals surface area contributed by atoms with Gasteiger partial charge in [0, 0.05) is 25.3 Å². The Morgan fingerprint density at radius 3 is 2.55 bits per heavy atom. The van der Waals surface area contributed by atoms with Gasteiger partial charge in [0.15, 0.2) is 5.11 Å². The molecule has 0 saturated heterocycles. The van der Waals surface area contributed by atoms with Gasteiger partial charge >= 0.3 is 0 Å². The predicted molar refractivity (Wildman–Crippen MR) is 117 cm³/mol. The molecule has 0 aromatic heterocycles. The second kappa shape index (κ2) is 11.6. The summed E-state index contributed by atoms with van der Waals surface area (Å²) >= 11 is 5.19. The van der Waals surface area contributed by atoms with Crippen molar-refractivity contribution >= 4 is 40.9 Å². The lowest BCUT2D eigenvalue weighted by atomic mass is 10.1. The van der Waals surface area contributed by atoms with Crippen molar-refractivity contribution in [1.29, 1.82) is 0 Å². The van der Waals surface area contributed by atoms with Crippen LogP contribution in [0.5, 0.6) is 5.75 Å². The number of benzene rings is 2. The number of rotatable bonds is 8. The fraction of sp³-hybridized carbons (Fsp3) is 0.190. The number of ether oxygens (including phenoxy) is 2. The van der Waals surface area contributed by atoms with Gasteiger partial charge in [-0.25, -0.2) is 0 Å². The second-order valence-electron chi connectivity index (χ2n) is 5.81. The van der Waals surface area contributed by atoms with Crippen LogP contribution < -0.4 is 20.7 Å². The second-order valence-corrected chi connectivity index (χ2v) is 6.22. The van der Waals surface area contributed by atoms with Crippen LogP contribution in [0.25, 0.3) is 6.08 Å². The minimum absolute atomic E-state index is 0.0804. The highest BCUT2D eigenvalue weighted by atomic mass is 32.1. The van der Waals surface area contributed by atoms with Crippen LogP contribution in [-0.4, -0.2) is 44.3 Å². The highest BCUT2D eigenvalue weighted by molar-refractivity contribution is 7.80. The Morgan fingerprint density at radius 2 is 1.79 bits per heavy atom. The number of anilines is 1. The molecule has 29 heavy (non-hydrogen) atoms. The highest BCUT2D eigenvalue weighted by Crippen LogP contribution is 2.18. The lowest BCUT2D eigenvalue weighted by Gasteiger charge is -2.13. The van der Waals surface area contributed by atoms with Gasteiger partial charge < -0.3 is 20.1 Å². The molecule has 0 unspecified atom stereocenters. The van der Waals surface area contributed by atoms with E-state index in [1.807, 2.05) is 18.2 Å². The largest absolute Gasteiger partial charge is 0.496 e. The van der Waals surface area contributed by atoms with Crippen molar-refractivity contribution in [3.63, 3.8) is 0 Å². The van der Waals surface area contributed by atoms with Crippen LogP contribution in [0.2, 0.25) is 0 Å². The van der Waals surface area contributed by atoms with Crippen molar-refractivity contribution in [2.45, 2.75) is 0 Å². The van der Waals surface area contributed by atoms with Crippen molar-refractivity contribution in [2.75, 3.05) is 32.7 Å². The van der Waals surface area contributed by atoms with E-state index in [-0.39, 0.29) is 11.0 Å². The molecule has 152 valence electrons. The molecule has 0 atom stereocenters. The first kappa shape index (κ1) is 22.1. The first-order valence-corrected chi connectivity index (χ1v) is 9.25. The van der Waals surface area contributed by atoms with E-state index in [1.54, 1.807) is 50.6 Å². The molecule has 2 amide bonds. The SMILES string of the molecule is COCCNC(=O)c1ccccc1NC(=S)NC(=O)/C=C/c1ccccc1OC. The van der Waals surface area contributed by atoms with Gasteiger partial charge in [-0.1, -0.05) is 30.3 Å². The summed E-state index contributed by atoms with van der Waals surface area (Å²) in [5, 5.41) is 8.27. The van der Waals surface area contributed by atoms with E-state index in [4.69, 9.17) is 21.7 Å². The molecule has 8 heteroatoms. The predicted octanol–water partition coefficient (Wildman–Crippen LogP) is 2.60. The fourth-order valence-corrected chi connectivity index (χ4v) is 2.64. The lowest BCUT2D eigenvalue weighted by Crippen LogP contribution is -2.34. The van der Waals surface area contributed by atoms with Crippen molar-refractivity contribution in [2.24, 2.45) is 0 Å². The Hall–Kier alpha value is -3.23. The number of nitrogens with one attached hydrogen (secondary N) is 3. The van der Waals surface area contributed by atoms with Crippen molar-refractivity contribution < 1.29 is 19.1 Å². The van der Waals surface area contributed by atoms with E-state index in [1.165, 1.54) is 6.08 Å². The summed E-state index contributed by atoms with van der Waals surface area (Å²) in [5.41, 5.74) is 1.66. The molecule has 0 heterocycles. The average molecular weight is 413 g/mol. The van der Waals surface area contributed by atoms with Gasteiger partial charge in [0.05, 0.1) is 25.0 Å². The topological polar surface area (TPSA) is 88.7 Å². The molecule has 2 aromatic carbocycles. The first-order valence-electron chi connectivity index (χ1n) is 8.84. The minimum Gasteiger partial charge on any atom is -0.496 e. The maximum absolute atomic E-state index is 12.3. The smallest absolute Gasteiger partial charge is 0.253 e. The molecular weight excluding hydrogens is 390 g/mol. The molecule has 0 fully saturated rings. The fourth-order valence-electron chi connectivity index (χ4n) is 2.43. The number of hydrogen-bond acceptors (Lipinski definition) is 5. The van der Waals surface area contributed by atoms with Gasteiger partial charge in [-0.3, -0.25) is 14.9 Å². The van der Waals surface area contributed by atoms with Gasteiger partial charge in [0.2, 0.25) is 5.91 Å². The van der Waals surface area contributed by atoms with Crippen molar-refractivity contribution in [3.8, 4) is 5.75 Å². The summed E-state index contributed by atoms with van der Waals surface area (Å²) in [5.74, 6) is -0.0172. The van der Waals surface area contributed by atoms with Crippen LogP contribution in [-0.2, 0) is 9.53 Å². The zero-order valence-electron chi connectivity index (χ0n) is 16.2. The molecule has 0 spiro atoms. The summed E-state index contributed by atoms with van der Waals surface area (Å²) in [6.07, 6.45) is 2.99. The summed E-state index contributed by atoms with van der Waals surface area (Å²) < 4.78 is 10.2. The molecule has 0 aliphatic rings. The summed E-state index contributed by atoms with van der Waals surface area (Å²) in [6, 6.07) is 14.2. The molecule has 2 aromatic rings. The van der Waals surface area contributed by atoms with Gasteiger partial charge in [0.1, 0.15) is 5.75 Å². The third-order valence-corrected chi connectivity index (χ3v) is 4.01. The Balaban J connectivity index is 1.97. The standard InChI is InChI=1S/C21H23N3O4S/c1-27-14-13-22-20(26)16-8-4-5-9-17(16)23-21(29)24-19(25)12-11-15-7-3-6-10-18(15)28-2/h3-12H,13-14H2,1-2H3,(H,22,26)(H2,23,24,25,29)/b12-11+. The molecule has 0 aliphatic carbocycles. The molecule has 3 N–H and O–H groups in total. The van der Waals surface area contributed by atoms with Crippen LogP contribution >= 0.6 is 12.2 Å². The number of carbonyl (C=O) groups is 2. The van der Waals surface area contributed by atoms with E-state index in [9.17, 15) is 9.59 Å². The van der Waals surface area contributed by atoms with E-state index < -0.39 is 5.91 Å². The maximum atomic E-state index is 12.3. The van der Waals surface area contributed by atoms with E-state index in [0.717, 1.165) is 5.56 Å². The van der Waals surface area contributed by atoms with Crippen molar-refractivity contribution in [1.82, 2.24) is 10.6 Å². The lowest BCUT2D eigenvalue weighted by molar-refractivity contribution is -0.115. The number of para-hydroxylation sites is 2. The normalized spacial score (nSPS) is 10.4. The van der Waals surface area contributed by atoms with E-state index in [2.05, 4.69) is 16.0 Å². The molecule has 0 aliphatic heterocycles. The number of thiocarbonyl (C=S) groups is 1. The average Bonchev–Trinajstić information content (AvgIpc) is 2.72. The molecule has 0 radical (unpaired) electrons. The number of carbonyl (C=O) groups excluding carboxylic acids is 2. The summed E-state index contributed by atoms with van der Waals surface area (Å²) in [7, 11) is 3.12. The molecule has 0 bridgehead atoms. The number of hydrogen-bond donors (Lipinski definition) is 3.